The number of hydrogen-bond acceptors (Lipinski definition) is 6. The van der Waals surface area contributed by atoms with Crippen LogP contribution >= 0.6 is 0 Å². The zero-order valence-electron chi connectivity index (χ0n) is 13.8. The van der Waals surface area contributed by atoms with Gasteiger partial charge in [0.05, 0.1) is 23.3 Å². The molecule has 1 saturated heterocycles. The number of rotatable bonds is 5. The van der Waals surface area contributed by atoms with E-state index in [9.17, 15) is 13.2 Å². The lowest BCUT2D eigenvalue weighted by molar-refractivity contribution is -0.123. The molecular weight excluding hydrogens is 358 g/mol. The van der Waals surface area contributed by atoms with E-state index in [0.29, 0.717) is 23.5 Å². The number of hydrogen-bond donors (Lipinski definition) is 1. The average Bonchev–Trinajstić information content (AvgIpc) is 3.32. The first kappa shape index (κ1) is 16.7. The van der Waals surface area contributed by atoms with Crippen LogP contribution in [0, 0.1) is 0 Å². The number of nitrogens with one attached hydrogen (secondary N) is 1. The van der Waals surface area contributed by atoms with Crippen molar-refractivity contribution in [3.05, 3.63) is 42.9 Å². The predicted molar refractivity (Wildman–Crippen MR) is 94.6 cm³/mol. The molecule has 0 bridgehead atoms. The van der Waals surface area contributed by atoms with Crippen molar-refractivity contribution in [2.24, 2.45) is 0 Å². The summed E-state index contributed by atoms with van der Waals surface area (Å²) < 4.78 is 39.3. The summed E-state index contributed by atoms with van der Waals surface area (Å²) in [6.07, 6.45) is 3.64. The molecular formula is C18H17NO6S. The summed E-state index contributed by atoms with van der Waals surface area (Å²) in [5.74, 6) is 0.963. The van der Waals surface area contributed by atoms with Crippen molar-refractivity contribution in [1.29, 1.82) is 0 Å². The van der Waals surface area contributed by atoms with E-state index in [4.69, 9.17) is 13.6 Å². The van der Waals surface area contributed by atoms with Gasteiger partial charge in [-0.2, -0.15) is 0 Å². The van der Waals surface area contributed by atoms with Gasteiger partial charge in [-0.3, -0.25) is 4.79 Å². The van der Waals surface area contributed by atoms with Crippen molar-refractivity contribution in [2.75, 3.05) is 18.1 Å². The molecule has 0 radical (unpaired) electrons. The normalized spacial score (nSPS) is 18.8. The number of ether oxygens (including phenoxy) is 1. The van der Waals surface area contributed by atoms with E-state index < -0.39 is 9.84 Å². The highest BCUT2D eigenvalue weighted by molar-refractivity contribution is 7.91. The third-order valence-electron chi connectivity index (χ3n) is 4.30. The molecule has 0 spiro atoms. The molecule has 1 amide bonds. The average molecular weight is 375 g/mol. The molecule has 1 unspecified atom stereocenters. The van der Waals surface area contributed by atoms with Gasteiger partial charge in [-0.05, 0) is 36.8 Å². The van der Waals surface area contributed by atoms with Crippen LogP contribution in [0.3, 0.4) is 0 Å². The van der Waals surface area contributed by atoms with Crippen LogP contribution < -0.4 is 10.1 Å². The fourth-order valence-corrected chi connectivity index (χ4v) is 4.72. The summed E-state index contributed by atoms with van der Waals surface area (Å²) in [4.78, 5) is 12.0. The van der Waals surface area contributed by atoms with Crippen LogP contribution in [0.15, 0.2) is 51.7 Å². The number of amides is 1. The Kier molecular flexibility index (Phi) is 4.20. The number of sulfone groups is 1. The molecule has 1 fully saturated rings. The first-order chi connectivity index (χ1) is 12.5. The van der Waals surface area contributed by atoms with Gasteiger partial charge < -0.3 is 18.9 Å². The summed E-state index contributed by atoms with van der Waals surface area (Å²) in [6, 6.07) is 8.55. The van der Waals surface area contributed by atoms with E-state index in [0.717, 1.165) is 10.9 Å². The van der Waals surface area contributed by atoms with Gasteiger partial charge in [0.2, 0.25) is 0 Å². The summed E-state index contributed by atoms with van der Waals surface area (Å²) >= 11 is 0. The standard InChI is InChI=1S/C18H17NO6S/c20-18(19-12-5-7-26(21,22)11-12)10-24-13-3-4-17-14(8-13)15(9-25-17)16-2-1-6-23-16/h1-4,6,8-9,12H,5,7,10-11H2,(H,19,20). The quantitative estimate of drug-likeness (QED) is 0.735. The van der Waals surface area contributed by atoms with Crippen molar-refractivity contribution < 1.29 is 26.8 Å². The van der Waals surface area contributed by atoms with E-state index in [-0.39, 0.29) is 30.1 Å². The molecule has 1 aromatic carbocycles. The SMILES string of the molecule is O=C(COc1ccc2occ(-c3ccco3)c2c1)NC1CCS(=O)(=O)C1. The van der Waals surface area contributed by atoms with E-state index in [1.807, 2.05) is 6.07 Å². The minimum Gasteiger partial charge on any atom is -0.484 e. The van der Waals surface area contributed by atoms with E-state index in [1.165, 1.54) is 0 Å². The van der Waals surface area contributed by atoms with Crippen molar-refractivity contribution in [1.82, 2.24) is 5.32 Å². The highest BCUT2D eigenvalue weighted by atomic mass is 32.2. The number of carbonyl (C=O) groups excluding carboxylic acids is 1. The zero-order chi connectivity index (χ0) is 18.1. The lowest BCUT2D eigenvalue weighted by Crippen LogP contribution is -2.38. The van der Waals surface area contributed by atoms with Crippen molar-refractivity contribution in [3.8, 4) is 17.1 Å². The molecule has 136 valence electrons. The third kappa shape index (κ3) is 3.45. The molecule has 8 heteroatoms. The summed E-state index contributed by atoms with van der Waals surface area (Å²) in [5, 5.41) is 3.51. The van der Waals surface area contributed by atoms with Crippen LogP contribution in [-0.4, -0.2) is 38.5 Å². The molecule has 1 aliphatic heterocycles. The maximum atomic E-state index is 12.0. The van der Waals surface area contributed by atoms with Gasteiger partial charge in [-0.1, -0.05) is 0 Å². The van der Waals surface area contributed by atoms with Crippen LogP contribution in [0.5, 0.6) is 5.75 Å². The Balaban J connectivity index is 1.43. The second-order valence-corrected chi connectivity index (χ2v) is 8.47. The monoisotopic (exact) mass is 375 g/mol. The van der Waals surface area contributed by atoms with Crippen LogP contribution in [0.25, 0.3) is 22.3 Å². The first-order valence-electron chi connectivity index (χ1n) is 8.18. The highest BCUT2D eigenvalue weighted by Gasteiger charge is 2.28. The Morgan fingerprint density at radius 1 is 1.27 bits per heavy atom. The Bertz CT molecular complexity index is 1040. The Hall–Kier alpha value is -2.74. The molecule has 3 aromatic rings. The van der Waals surface area contributed by atoms with Gasteiger partial charge in [-0.25, -0.2) is 8.42 Å². The molecule has 1 N–H and O–H groups in total. The summed E-state index contributed by atoms with van der Waals surface area (Å²) in [5.41, 5.74) is 1.49. The topological polar surface area (TPSA) is 98.8 Å². The van der Waals surface area contributed by atoms with Gasteiger partial charge in [0.1, 0.15) is 23.4 Å². The number of fused-ring (bicyclic) bond motifs is 1. The molecule has 7 nitrogen and oxygen atoms in total. The van der Waals surface area contributed by atoms with Crippen LogP contribution in [-0.2, 0) is 14.6 Å². The zero-order valence-corrected chi connectivity index (χ0v) is 14.6. The largest absolute Gasteiger partial charge is 0.484 e. The second kappa shape index (κ2) is 6.53. The van der Waals surface area contributed by atoms with Crippen molar-refractivity contribution in [2.45, 2.75) is 12.5 Å². The minimum absolute atomic E-state index is 0.00771. The summed E-state index contributed by atoms with van der Waals surface area (Å²) in [7, 11) is -3.03. The van der Waals surface area contributed by atoms with Crippen LogP contribution in [0.2, 0.25) is 0 Å². The maximum Gasteiger partial charge on any atom is 0.258 e. The third-order valence-corrected chi connectivity index (χ3v) is 6.07. The van der Waals surface area contributed by atoms with Crippen LogP contribution in [0.4, 0.5) is 0 Å². The lowest BCUT2D eigenvalue weighted by Gasteiger charge is -2.11. The fraction of sp³-hybridized carbons (Fsp3) is 0.278. The Morgan fingerprint density at radius 2 is 2.15 bits per heavy atom. The molecule has 2 aromatic heterocycles. The first-order valence-corrected chi connectivity index (χ1v) is 10.00. The van der Waals surface area contributed by atoms with Gasteiger partial charge in [-0.15, -0.1) is 0 Å². The number of carbonyl (C=O) groups is 1. The molecule has 26 heavy (non-hydrogen) atoms. The molecule has 1 aliphatic rings. The molecule has 0 saturated carbocycles. The van der Waals surface area contributed by atoms with Gasteiger partial charge in [0.25, 0.3) is 5.91 Å². The molecule has 4 rings (SSSR count). The van der Waals surface area contributed by atoms with E-state index in [2.05, 4.69) is 5.32 Å². The number of benzene rings is 1. The maximum absolute atomic E-state index is 12.0. The minimum atomic E-state index is -3.03. The lowest BCUT2D eigenvalue weighted by atomic mass is 10.1. The summed E-state index contributed by atoms with van der Waals surface area (Å²) in [6.45, 7) is -0.185. The van der Waals surface area contributed by atoms with E-state index >= 15 is 0 Å². The molecule has 3 heterocycles. The van der Waals surface area contributed by atoms with Gasteiger partial charge >= 0.3 is 0 Å². The van der Waals surface area contributed by atoms with Gasteiger partial charge in [0, 0.05) is 11.4 Å². The van der Waals surface area contributed by atoms with Crippen molar-refractivity contribution >= 4 is 26.7 Å². The molecule has 0 aliphatic carbocycles. The number of furan rings is 2. The fourth-order valence-electron chi connectivity index (χ4n) is 3.05. The Morgan fingerprint density at radius 3 is 2.88 bits per heavy atom. The predicted octanol–water partition coefficient (Wildman–Crippen LogP) is 2.37. The van der Waals surface area contributed by atoms with Gasteiger partial charge in [0.15, 0.2) is 16.4 Å². The molecule has 1 atom stereocenters. The van der Waals surface area contributed by atoms with Crippen LogP contribution in [0.1, 0.15) is 6.42 Å². The van der Waals surface area contributed by atoms with Crippen molar-refractivity contribution in [3.63, 3.8) is 0 Å². The van der Waals surface area contributed by atoms with E-state index in [1.54, 1.807) is 36.8 Å². The second-order valence-electron chi connectivity index (χ2n) is 6.24. The smallest absolute Gasteiger partial charge is 0.258 e. The Labute approximate surface area is 149 Å². The highest BCUT2D eigenvalue weighted by Crippen LogP contribution is 2.33.